The van der Waals surface area contributed by atoms with Crippen molar-refractivity contribution in [2.45, 2.75) is 495 Å². The number of phosphoric acid groups is 2. The normalized spacial score (nSPS) is 13.7. The van der Waals surface area contributed by atoms with Crippen molar-refractivity contribution in [1.29, 1.82) is 0 Å². The van der Waals surface area contributed by atoms with E-state index in [-0.39, 0.29) is 25.7 Å². The zero-order valence-electron chi connectivity index (χ0n) is 69.4. The highest BCUT2D eigenvalue weighted by atomic mass is 31.2. The standard InChI is InChI=1S/C87H170O17P2/c1-5-9-13-17-21-25-29-32-35-38-41-42-45-48-51-54-58-62-66-70-74-87(92)104-83(78-98-85(90)72-68-64-60-56-52-49-46-43-39-36-33-30-26-22-18-14-10-6-2)80-102-106(95,96)100-76-81(88)75-99-105(93,94)101-79-82(77-97-84(89)71-67-63-59-55-28-24-20-16-12-8-4)103-86(91)73-69-65-61-57-53-50-47-44-40-37-34-31-27-23-19-15-11-7-3/h81-83,88H,5-80H2,1-4H3,(H,93,94)(H,95,96)/t81-,82+,83+/m0/s1. The van der Waals surface area contributed by atoms with Crippen molar-refractivity contribution in [1.82, 2.24) is 0 Å². The Kier molecular flexibility index (Phi) is 79.6. The lowest BCUT2D eigenvalue weighted by molar-refractivity contribution is -0.161. The maximum atomic E-state index is 13.2. The number of phosphoric ester groups is 2. The average Bonchev–Trinajstić information content (AvgIpc) is 0.903. The number of carbonyl (C=O) groups excluding carboxylic acids is 4. The molecule has 0 fully saturated rings. The number of aliphatic hydroxyl groups excluding tert-OH is 1. The van der Waals surface area contributed by atoms with Crippen LogP contribution < -0.4 is 0 Å². The summed E-state index contributed by atoms with van der Waals surface area (Å²) in [5, 5.41) is 10.7. The van der Waals surface area contributed by atoms with Crippen LogP contribution in [0.25, 0.3) is 0 Å². The lowest BCUT2D eigenvalue weighted by atomic mass is 10.0. The van der Waals surface area contributed by atoms with E-state index in [1.165, 1.54) is 308 Å². The summed E-state index contributed by atoms with van der Waals surface area (Å²) in [4.78, 5) is 73.2. The molecule has 0 aromatic carbocycles. The minimum Gasteiger partial charge on any atom is -0.462 e. The summed E-state index contributed by atoms with van der Waals surface area (Å²) in [6.45, 7) is 5.06. The molecular weight excluding hydrogens is 1380 g/mol. The van der Waals surface area contributed by atoms with Crippen molar-refractivity contribution in [3.05, 3.63) is 0 Å². The molecular formula is C87H170O17P2. The topological polar surface area (TPSA) is 237 Å². The van der Waals surface area contributed by atoms with Gasteiger partial charge in [-0.15, -0.1) is 0 Å². The number of carbonyl (C=O) groups is 4. The minimum absolute atomic E-state index is 0.109. The fourth-order valence-electron chi connectivity index (χ4n) is 13.7. The van der Waals surface area contributed by atoms with Gasteiger partial charge >= 0.3 is 39.5 Å². The number of aliphatic hydroxyl groups is 1. The molecule has 0 aromatic rings. The van der Waals surface area contributed by atoms with Gasteiger partial charge in [0.2, 0.25) is 0 Å². The van der Waals surface area contributed by atoms with Crippen LogP contribution in [0.5, 0.6) is 0 Å². The van der Waals surface area contributed by atoms with E-state index in [0.717, 1.165) is 89.9 Å². The third-order valence-electron chi connectivity index (χ3n) is 20.6. The van der Waals surface area contributed by atoms with E-state index in [9.17, 15) is 43.2 Å². The van der Waals surface area contributed by atoms with Crippen LogP contribution in [0.1, 0.15) is 477 Å². The number of ether oxygens (including phenoxy) is 4. The van der Waals surface area contributed by atoms with Crippen LogP contribution in [0.4, 0.5) is 0 Å². The average molecular weight is 1550 g/mol. The summed E-state index contributed by atoms with van der Waals surface area (Å²) >= 11 is 0. The molecule has 0 amide bonds. The summed E-state index contributed by atoms with van der Waals surface area (Å²) in [5.41, 5.74) is 0. The molecule has 630 valence electrons. The van der Waals surface area contributed by atoms with Crippen LogP contribution in [-0.4, -0.2) is 96.7 Å². The van der Waals surface area contributed by atoms with E-state index in [0.29, 0.717) is 25.7 Å². The second kappa shape index (κ2) is 81.1. The molecule has 0 aliphatic carbocycles. The molecule has 17 nitrogen and oxygen atoms in total. The number of hydrogen-bond acceptors (Lipinski definition) is 15. The molecule has 0 bridgehead atoms. The molecule has 2 unspecified atom stereocenters. The van der Waals surface area contributed by atoms with Gasteiger partial charge < -0.3 is 33.8 Å². The smallest absolute Gasteiger partial charge is 0.462 e. The van der Waals surface area contributed by atoms with Crippen LogP contribution in [0.3, 0.4) is 0 Å². The Hall–Kier alpha value is -1.94. The van der Waals surface area contributed by atoms with Gasteiger partial charge in [0.05, 0.1) is 26.4 Å². The third kappa shape index (κ3) is 80.1. The van der Waals surface area contributed by atoms with Crippen LogP contribution in [0.2, 0.25) is 0 Å². The van der Waals surface area contributed by atoms with Gasteiger partial charge in [0, 0.05) is 25.7 Å². The zero-order valence-corrected chi connectivity index (χ0v) is 71.2. The van der Waals surface area contributed by atoms with Gasteiger partial charge in [0.15, 0.2) is 12.2 Å². The predicted octanol–water partition coefficient (Wildman–Crippen LogP) is 26.9. The number of unbranched alkanes of at least 4 members (excludes halogenated alkanes) is 62. The number of esters is 4. The molecule has 3 N–H and O–H groups in total. The molecule has 0 aliphatic heterocycles. The van der Waals surface area contributed by atoms with E-state index in [1.54, 1.807) is 0 Å². The molecule has 5 atom stereocenters. The highest BCUT2D eigenvalue weighted by molar-refractivity contribution is 7.47. The van der Waals surface area contributed by atoms with Gasteiger partial charge in [-0.25, -0.2) is 9.13 Å². The van der Waals surface area contributed by atoms with Gasteiger partial charge in [-0.1, -0.05) is 426 Å². The van der Waals surface area contributed by atoms with Crippen LogP contribution >= 0.6 is 15.6 Å². The van der Waals surface area contributed by atoms with Crippen LogP contribution in [0.15, 0.2) is 0 Å². The second-order valence-corrected chi connectivity index (χ2v) is 34.2. The van der Waals surface area contributed by atoms with Gasteiger partial charge in [-0.05, 0) is 25.7 Å². The molecule has 0 aromatic heterocycles. The fraction of sp³-hybridized carbons (Fsp3) is 0.954. The largest absolute Gasteiger partial charge is 0.472 e. The number of rotatable bonds is 88. The third-order valence-corrected chi connectivity index (χ3v) is 22.5. The Bertz CT molecular complexity index is 2000. The van der Waals surface area contributed by atoms with Crippen molar-refractivity contribution in [3.63, 3.8) is 0 Å². The number of hydrogen-bond donors (Lipinski definition) is 3. The van der Waals surface area contributed by atoms with Crippen LogP contribution in [0, 0.1) is 0 Å². The highest BCUT2D eigenvalue weighted by Crippen LogP contribution is 2.45. The molecule has 106 heavy (non-hydrogen) atoms. The lowest BCUT2D eigenvalue weighted by Gasteiger charge is -2.21. The molecule has 0 saturated carbocycles. The Morgan fingerprint density at radius 2 is 0.377 bits per heavy atom. The first-order chi connectivity index (χ1) is 51.7. The summed E-state index contributed by atoms with van der Waals surface area (Å²) in [6.07, 6.45) is 76.4. The molecule has 0 spiro atoms. The Morgan fingerprint density at radius 1 is 0.226 bits per heavy atom. The van der Waals surface area contributed by atoms with Gasteiger partial charge in [0.1, 0.15) is 19.3 Å². The second-order valence-electron chi connectivity index (χ2n) is 31.3. The molecule has 19 heteroatoms. The minimum atomic E-state index is -4.97. The van der Waals surface area contributed by atoms with Gasteiger partial charge in [-0.3, -0.25) is 37.3 Å². The Labute approximate surface area is 651 Å². The van der Waals surface area contributed by atoms with E-state index in [2.05, 4.69) is 27.7 Å². The monoisotopic (exact) mass is 1550 g/mol. The SMILES string of the molecule is CCCCCCCCCCCCCCCCCCCCCCC(=O)O[C@H](COC(=O)CCCCCCCCCCCCCCCCCCCC)COP(=O)(O)OC[C@@H](O)COP(=O)(O)OC[C@@H](COC(=O)CCCCCCCCCCCC)OC(=O)CCCCCCCCCCCCCCCCCCCC. The molecule has 0 heterocycles. The maximum Gasteiger partial charge on any atom is 0.472 e. The highest BCUT2D eigenvalue weighted by Gasteiger charge is 2.30. The van der Waals surface area contributed by atoms with E-state index < -0.39 is 97.5 Å². The maximum absolute atomic E-state index is 13.2. The Morgan fingerprint density at radius 3 is 0.557 bits per heavy atom. The molecule has 0 saturated heterocycles. The van der Waals surface area contributed by atoms with Crippen LogP contribution in [-0.2, 0) is 65.4 Å². The van der Waals surface area contributed by atoms with Crippen molar-refractivity contribution in [3.8, 4) is 0 Å². The van der Waals surface area contributed by atoms with E-state index in [1.807, 2.05) is 0 Å². The van der Waals surface area contributed by atoms with Crippen molar-refractivity contribution in [2.24, 2.45) is 0 Å². The van der Waals surface area contributed by atoms with Crippen molar-refractivity contribution < 1.29 is 80.2 Å². The first kappa shape index (κ1) is 104. The Balaban J connectivity index is 5.22. The van der Waals surface area contributed by atoms with Crippen molar-refractivity contribution >= 4 is 39.5 Å². The summed E-state index contributed by atoms with van der Waals surface area (Å²) in [5.74, 6) is -2.10. The molecule has 0 rings (SSSR count). The summed E-state index contributed by atoms with van der Waals surface area (Å²) in [7, 11) is -9.93. The van der Waals surface area contributed by atoms with Gasteiger partial charge in [0.25, 0.3) is 0 Å². The summed E-state index contributed by atoms with van der Waals surface area (Å²) < 4.78 is 68.9. The zero-order chi connectivity index (χ0) is 77.4. The van der Waals surface area contributed by atoms with E-state index in [4.69, 9.17) is 37.0 Å². The first-order valence-corrected chi connectivity index (χ1v) is 48.3. The lowest BCUT2D eigenvalue weighted by Crippen LogP contribution is -2.30. The van der Waals surface area contributed by atoms with Crippen molar-refractivity contribution in [2.75, 3.05) is 39.6 Å². The quantitative estimate of drug-likeness (QED) is 0.0222. The fourth-order valence-corrected chi connectivity index (χ4v) is 15.3. The summed E-state index contributed by atoms with van der Waals surface area (Å²) in [6, 6.07) is 0. The first-order valence-electron chi connectivity index (χ1n) is 45.3. The van der Waals surface area contributed by atoms with E-state index >= 15 is 0 Å². The van der Waals surface area contributed by atoms with Gasteiger partial charge in [-0.2, -0.15) is 0 Å². The predicted molar refractivity (Wildman–Crippen MR) is 437 cm³/mol. The molecule has 0 aliphatic rings. The molecule has 0 radical (unpaired) electrons.